The number of aromatic amines is 2. The first-order valence-electron chi connectivity index (χ1n) is 21.2. The van der Waals surface area contributed by atoms with Crippen molar-refractivity contribution in [2.24, 2.45) is 5.92 Å². The molecule has 4 atom stereocenters. The molecule has 2 aliphatic rings. The van der Waals surface area contributed by atoms with Crippen LogP contribution in [0.5, 0.6) is 0 Å². The summed E-state index contributed by atoms with van der Waals surface area (Å²) in [7, 11) is 1.30. The molecule has 6 heterocycles. The van der Waals surface area contributed by atoms with E-state index in [1.54, 1.807) is 29.6 Å². The van der Waals surface area contributed by atoms with Gasteiger partial charge in [-0.1, -0.05) is 74.5 Å². The van der Waals surface area contributed by atoms with Crippen molar-refractivity contribution in [1.82, 2.24) is 35.1 Å². The number of rotatable bonds is 12. The summed E-state index contributed by atoms with van der Waals surface area (Å²) in [6, 6.07) is 23.4. The number of methoxy groups -OCH3 is 1. The van der Waals surface area contributed by atoms with Crippen LogP contribution < -0.4 is 5.32 Å². The molecule has 9 rings (SSSR count). The zero-order chi connectivity index (χ0) is 43.1. The highest BCUT2D eigenvalue weighted by Crippen LogP contribution is 2.45. The number of imidazole rings is 2. The number of ether oxygens (including phenoxy) is 1. The Morgan fingerprint density at radius 2 is 1.44 bits per heavy atom. The second kappa shape index (κ2) is 17.3. The Morgan fingerprint density at radius 1 is 0.806 bits per heavy atom. The fourth-order valence-corrected chi connectivity index (χ4v) is 11.5. The van der Waals surface area contributed by atoms with E-state index < -0.39 is 18.1 Å². The number of amides is 3. The van der Waals surface area contributed by atoms with Crippen molar-refractivity contribution in [3.05, 3.63) is 107 Å². The maximum absolute atomic E-state index is 14.0. The average Bonchev–Trinajstić information content (AvgIpc) is 4.14. The van der Waals surface area contributed by atoms with Gasteiger partial charge in [0.1, 0.15) is 23.5 Å². The van der Waals surface area contributed by atoms with Crippen molar-refractivity contribution in [3.8, 4) is 33.5 Å². The first kappa shape index (κ1) is 41.2. The minimum atomic E-state index is -0.689. The predicted molar refractivity (Wildman–Crippen MR) is 244 cm³/mol. The maximum Gasteiger partial charge on any atom is 0.407 e. The molecule has 0 aliphatic carbocycles. The quantitative estimate of drug-likeness (QED) is 0.111. The molecule has 0 bridgehead atoms. The van der Waals surface area contributed by atoms with Crippen LogP contribution in [0.4, 0.5) is 4.79 Å². The van der Waals surface area contributed by atoms with Crippen LogP contribution in [0.15, 0.2) is 89.8 Å². The molecule has 2 unspecified atom stereocenters. The summed E-state index contributed by atoms with van der Waals surface area (Å²) in [6.45, 7) is 6.60. The number of hydrogen-bond donors (Lipinski definition) is 3. The van der Waals surface area contributed by atoms with Gasteiger partial charge in [-0.25, -0.2) is 14.8 Å². The van der Waals surface area contributed by atoms with Gasteiger partial charge in [0.15, 0.2) is 0 Å². The molecule has 0 spiro atoms. The number of fused-ring (bicyclic) bond motifs is 2. The molecular formula is C48H49N7O5S2. The van der Waals surface area contributed by atoms with E-state index in [1.165, 1.54) is 27.6 Å². The van der Waals surface area contributed by atoms with E-state index in [4.69, 9.17) is 14.7 Å². The molecule has 3 aromatic carbocycles. The van der Waals surface area contributed by atoms with Crippen LogP contribution in [0.1, 0.15) is 88.1 Å². The molecule has 62 heavy (non-hydrogen) atoms. The van der Waals surface area contributed by atoms with Gasteiger partial charge in [0.2, 0.25) is 11.8 Å². The molecule has 12 nitrogen and oxygen atoms in total. The summed E-state index contributed by atoms with van der Waals surface area (Å²) < 4.78 is 7.25. The number of Topliss-reactive ketones (excluding diaryl/α,β-unsaturated/α-hetero) is 1. The van der Waals surface area contributed by atoms with Crippen LogP contribution in [-0.4, -0.2) is 79.7 Å². The Bertz CT molecular complexity index is 2770. The monoisotopic (exact) mass is 867 g/mol. The fraction of sp³-hybridized carbons (Fsp3) is 0.333. The van der Waals surface area contributed by atoms with E-state index in [-0.39, 0.29) is 42.0 Å². The lowest BCUT2D eigenvalue weighted by Crippen LogP contribution is -2.51. The third-order valence-electron chi connectivity index (χ3n) is 12.3. The number of carbonyl (C=O) groups is 4. The smallest absolute Gasteiger partial charge is 0.407 e. The molecule has 0 saturated carbocycles. The Labute approximate surface area is 367 Å². The number of H-pyrrole nitrogens is 2. The normalized spacial score (nSPS) is 17.6. The number of likely N-dealkylation sites (tertiary alicyclic amines) is 2. The van der Waals surface area contributed by atoms with E-state index in [2.05, 4.69) is 62.4 Å². The molecule has 4 aromatic heterocycles. The van der Waals surface area contributed by atoms with Gasteiger partial charge in [-0.2, -0.15) is 0 Å². The SMILES string of the molecule is COC(=O)N[C@H](C(=O)N1CCCC1c1nc2ccc(-c3csc4c(-c5ccc(-c6cnc(C7CCCN7C(=O)[C@H](CC(C)=O)c7ccccc7)[nH]6)cc5)csc34)cc2[nH]1)C(C)C. The van der Waals surface area contributed by atoms with E-state index in [1.807, 2.05) is 66.2 Å². The first-order chi connectivity index (χ1) is 30.1. The van der Waals surface area contributed by atoms with Crippen LogP contribution in [0.2, 0.25) is 0 Å². The van der Waals surface area contributed by atoms with Crippen molar-refractivity contribution < 1.29 is 23.9 Å². The second-order valence-electron chi connectivity index (χ2n) is 16.7. The Balaban J connectivity index is 0.906. The van der Waals surface area contributed by atoms with Crippen LogP contribution in [0.3, 0.4) is 0 Å². The van der Waals surface area contributed by atoms with Crippen LogP contribution in [-0.2, 0) is 19.1 Å². The number of carbonyl (C=O) groups excluding carboxylic acids is 4. The second-order valence-corrected chi connectivity index (χ2v) is 18.4. The third-order valence-corrected chi connectivity index (χ3v) is 14.4. The fourth-order valence-electron chi connectivity index (χ4n) is 9.08. The molecule has 14 heteroatoms. The Morgan fingerprint density at radius 3 is 2.10 bits per heavy atom. The van der Waals surface area contributed by atoms with Crippen molar-refractivity contribution in [2.45, 2.75) is 76.9 Å². The lowest BCUT2D eigenvalue weighted by atomic mass is 9.92. The van der Waals surface area contributed by atoms with Gasteiger partial charge in [0, 0.05) is 41.4 Å². The molecule has 2 saturated heterocycles. The number of thiophene rings is 2. The van der Waals surface area contributed by atoms with Gasteiger partial charge in [0.25, 0.3) is 0 Å². The van der Waals surface area contributed by atoms with Gasteiger partial charge < -0.3 is 29.8 Å². The summed E-state index contributed by atoms with van der Waals surface area (Å²) in [4.78, 5) is 72.4. The topological polar surface area (TPSA) is 153 Å². The molecule has 7 aromatic rings. The van der Waals surface area contributed by atoms with Crippen LogP contribution >= 0.6 is 22.7 Å². The average molecular weight is 868 g/mol. The summed E-state index contributed by atoms with van der Waals surface area (Å²) in [5.74, 6) is 0.736. The van der Waals surface area contributed by atoms with Gasteiger partial charge in [0.05, 0.1) is 57.4 Å². The van der Waals surface area contributed by atoms with Gasteiger partial charge in [-0.15, -0.1) is 22.7 Å². The van der Waals surface area contributed by atoms with E-state index >= 15 is 0 Å². The van der Waals surface area contributed by atoms with Crippen molar-refractivity contribution in [1.29, 1.82) is 0 Å². The number of aromatic nitrogens is 4. The maximum atomic E-state index is 14.0. The molecular weight excluding hydrogens is 819 g/mol. The Hall–Kier alpha value is -6.12. The number of ketones is 1. The molecule has 0 radical (unpaired) electrons. The third kappa shape index (κ3) is 7.93. The zero-order valence-corrected chi connectivity index (χ0v) is 36.8. The largest absolute Gasteiger partial charge is 0.453 e. The number of hydrogen-bond acceptors (Lipinski definition) is 9. The van der Waals surface area contributed by atoms with Crippen molar-refractivity contribution >= 4 is 66.8 Å². The number of alkyl carbamates (subject to hydrolysis) is 1. The molecule has 2 fully saturated rings. The minimum Gasteiger partial charge on any atom is -0.453 e. The summed E-state index contributed by atoms with van der Waals surface area (Å²) in [5.41, 5.74) is 9.10. The highest BCUT2D eigenvalue weighted by molar-refractivity contribution is 7.27. The van der Waals surface area contributed by atoms with Crippen molar-refractivity contribution in [2.75, 3.05) is 20.2 Å². The predicted octanol–water partition coefficient (Wildman–Crippen LogP) is 10.0. The lowest BCUT2D eigenvalue weighted by molar-refractivity contribution is -0.136. The number of nitrogens with zero attached hydrogens (tertiary/aromatic N) is 4. The standard InChI is InChI=1S/C48H49N7O5S2/c1-27(2)41(53-48(59)60-4)47(58)55-21-9-13-40(55)45-50-36-19-18-32(23-37(36)51-45)35-26-62-42-34(25-61-43(35)42)30-14-16-31(17-15-30)38-24-49-44(52-38)39-12-8-20-54(39)46(57)33(22-28(3)56)29-10-6-5-7-11-29/h5-7,10-11,14-19,23-27,33,39-41H,8-9,12-13,20-22H2,1-4H3,(H,49,52)(H,50,51)(H,53,59)/t33-,39?,40?,41+/m1/s1. The Kier molecular flexibility index (Phi) is 11.5. The van der Waals surface area contributed by atoms with E-state index in [9.17, 15) is 19.2 Å². The van der Waals surface area contributed by atoms with E-state index in [0.29, 0.717) is 13.1 Å². The van der Waals surface area contributed by atoms with Gasteiger partial charge in [-0.05, 0) is 72.9 Å². The molecule has 3 N–H and O–H groups in total. The van der Waals surface area contributed by atoms with Crippen LogP contribution in [0.25, 0.3) is 53.9 Å². The lowest BCUT2D eigenvalue weighted by Gasteiger charge is -2.29. The van der Waals surface area contributed by atoms with Crippen molar-refractivity contribution in [3.63, 3.8) is 0 Å². The summed E-state index contributed by atoms with van der Waals surface area (Å²) in [6.07, 6.45) is 4.74. The van der Waals surface area contributed by atoms with Gasteiger partial charge >= 0.3 is 6.09 Å². The molecule has 3 amide bonds. The highest BCUT2D eigenvalue weighted by atomic mass is 32.1. The zero-order valence-electron chi connectivity index (χ0n) is 35.1. The van der Waals surface area contributed by atoms with E-state index in [0.717, 1.165) is 76.3 Å². The first-order valence-corrected chi connectivity index (χ1v) is 23.0. The highest BCUT2D eigenvalue weighted by Gasteiger charge is 2.38. The summed E-state index contributed by atoms with van der Waals surface area (Å²) in [5, 5.41) is 7.17. The number of nitrogens with one attached hydrogen (secondary N) is 3. The molecule has 318 valence electrons. The van der Waals surface area contributed by atoms with Gasteiger partial charge in [-0.3, -0.25) is 14.4 Å². The summed E-state index contributed by atoms with van der Waals surface area (Å²) >= 11 is 3.48. The molecule has 2 aliphatic heterocycles. The minimum absolute atomic E-state index is 0.00558. The van der Waals surface area contributed by atoms with Crippen LogP contribution in [0, 0.1) is 5.92 Å². The number of benzene rings is 3.